The van der Waals surface area contributed by atoms with Crippen molar-refractivity contribution in [1.29, 1.82) is 0 Å². The molecule has 1 aromatic carbocycles. The van der Waals surface area contributed by atoms with Gasteiger partial charge < -0.3 is 9.73 Å². The molecule has 18 heavy (non-hydrogen) atoms. The molecule has 96 valence electrons. The van der Waals surface area contributed by atoms with Crippen molar-refractivity contribution >= 4 is 0 Å². The van der Waals surface area contributed by atoms with Gasteiger partial charge in [0, 0.05) is 6.04 Å². The summed E-state index contributed by atoms with van der Waals surface area (Å²) in [7, 11) is 0. The van der Waals surface area contributed by atoms with E-state index in [0.717, 1.165) is 17.7 Å². The highest BCUT2D eigenvalue weighted by atomic mass is 19.1. The first-order valence-electron chi connectivity index (χ1n) is 6.25. The Balaban J connectivity index is 2.07. The third-order valence-electron chi connectivity index (χ3n) is 3.10. The number of hydrogen-bond donors (Lipinski definition) is 1. The summed E-state index contributed by atoms with van der Waals surface area (Å²) in [5.74, 6) is 0.711. The van der Waals surface area contributed by atoms with Crippen LogP contribution in [-0.2, 0) is 0 Å². The largest absolute Gasteiger partial charge is 0.468 e. The summed E-state index contributed by atoms with van der Waals surface area (Å²) in [4.78, 5) is 0. The second-order valence-electron chi connectivity index (χ2n) is 4.42. The Labute approximate surface area is 107 Å². The monoisotopic (exact) mass is 247 g/mol. The highest BCUT2D eigenvalue weighted by Crippen LogP contribution is 2.22. The molecule has 0 aliphatic rings. The van der Waals surface area contributed by atoms with Gasteiger partial charge in [-0.25, -0.2) is 4.39 Å². The molecular formula is C15H18FNO. The van der Waals surface area contributed by atoms with Gasteiger partial charge in [-0.1, -0.05) is 19.1 Å². The second-order valence-corrected chi connectivity index (χ2v) is 4.42. The molecule has 3 heteroatoms. The first kappa shape index (κ1) is 12.8. The smallest absolute Gasteiger partial charge is 0.123 e. The molecule has 1 aromatic heterocycles. The summed E-state index contributed by atoms with van der Waals surface area (Å²) in [5.41, 5.74) is 1.09. The Kier molecular flexibility index (Phi) is 4.15. The Bertz CT molecular complexity index is 464. The van der Waals surface area contributed by atoms with Gasteiger partial charge >= 0.3 is 0 Å². The molecule has 0 radical (unpaired) electrons. The maximum Gasteiger partial charge on any atom is 0.123 e. The van der Waals surface area contributed by atoms with Crippen molar-refractivity contribution in [2.75, 3.05) is 0 Å². The predicted octanol–water partition coefficient (Wildman–Crippen LogP) is 4.22. The SMILES string of the molecule is CCC(N[C@H](C)c1ccco1)c1ccc(F)cc1. The van der Waals surface area contributed by atoms with Crippen LogP contribution in [0.4, 0.5) is 4.39 Å². The number of benzene rings is 1. The zero-order valence-corrected chi connectivity index (χ0v) is 10.7. The molecule has 0 saturated carbocycles. The lowest BCUT2D eigenvalue weighted by atomic mass is 10.0. The molecule has 0 saturated heterocycles. The van der Waals surface area contributed by atoms with Crippen LogP contribution in [0.15, 0.2) is 47.1 Å². The van der Waals surface area contributed by atoms with Crippen molar-refractivity contribution in [2.24, 2.45) is 0 Å². The van der Waals surface area contributed by atoms with Crippen LogP contribution in [0.1, 0.15) is 43.7 Å². The van der Waals surface area contributed by atoms with Crippen molar-refractivity contribution in [3.8, 4) is 0 Å². The van der Waals surface area contributed by atoms with Gasteiger partial charge in [-0.3, -0.25) is 0 Å². The summed E-state index contributed by atoms with van der Waals surface area (Å²) in [6.45, 7) is 4.17. The van der Waals surface area contributed by atoms with Crippen molar-refractivity contribution < 1.29 is 8.81 Å². The zero-order valence-electron chi connectivity index (χ0n) is 10.7. The zero-order chi connectivity index (χ0) is 13.0. The molecule has 0 amide bonds. The molecule has 1 N–H and O–H groups in total. The highest BCUT2D eigenvalue weighted by molar-refractivity contribution is 5.20. The highest BCUT2D eigenvalue weighted by Gasteiger charge is 2.15. The van der Waals surface area contributed by atoms with Gasteiger partial charge in [-0.05, 0) is 43.2 Å². The number of furan rings is 1. The van der Waals surface area contributed by atoms with E-state index < -0.39 is 0 Å². The Hall–Kier alpha value is -1.61. The number of nitrogens with one attached hydrogen (secondary N) is 1. The molecular weight excluding hydrogens is 229 g/mol. The van der Waals surface area contributed by atoms with Gasteiger partial charge in [0.15, 0.2) is 0 Å². The molecule has 1 unspecified atom stereocenters. The van der Waals surface area contributed by atoms with Crippen LogP contribution in [-0.4, -0.2) is 0 Å². The lowest BCUT2D eigenvalue weighted by Gasteiger charge is -2.21. The summed E-state index contributed by atoms with van der Waals surface area (Å²) >= 11 is 0. The summed E-state index contributed by atoms with van der Waals surface area (Å²) in [5, 5.41) is 3.49. The lowest BCUT2D eigenvalue weighted by Crippen LogP contribution is -2.23. The fraction of sp³-hybridized carbons (Fsp3) is 0.333. The minimum atomic E-state index is -0.201. The molecule has 0 spiro atoms. The minimum absolute atomic E-state index is 0.134. The Morgan fingerprint density at radius 2 is 1.94 bits per heavy atom. The first-order valence-corrected chi connectivity index (χ1v) is 6.25. The lowest BCUT2D eigenvalue weighted by molar-refractivity contribution is 0.386. The summed E-state index contributed by atoms with van der Waals surface area (Å²) in [6, 6.07) is 10.8. The van der Waals surface area contributed by atoms with Gasteiger partial charge in [0.2, 0.25) is 0 Å². The molecule has 0 fully saturated rings. The van der Waals surface area contributed by atoms with Crippen LogP contribution >= 0.6 is 0 Å². The van der Waals surface area contributed by atoms with E-state index in [-0.39, 0.29) is 17.9 Å². The van der Waals surface area contributed by atoms with Crippen molar-refractivity contribution in [3.63, 3.8) is 0 Å². The molecule has 2 rings (SSSR count). The van der Waals surface area contributed by atoms with Crippen LogP contribution in [0, 0.1) is 5.82 Å². The van der Waals surface area contributed by atoms with Gasteiger partial charge in [0.25, 0.3) is 0 Å². The van der Waals surface area contributed by atoms with E-state index in [0.29, 0.717) is 0 Å². The van der Waals surface area contributed by atoms with E-state index in [1.165, 1.54) is 12.1 Å². The van der Waals surface area contributed by atoms with E-state index in [4.69, 9.17) is 4.42 Å². The minimum Gasteiger partial charge on any atom is -0.468 e. The fourth-order valence-electron chi connectivity index (χ4n) is 2.07. The molecule has 2 aromatic rings. The topological polar surface area (TPSA) is 25.2 Å². The van der Waals surface area contributed by atoms with E-state index in [1.807, 2.05) is 24.3 Å². The van der Waals surface area contributed by atoms with E-state index in [2.05, 4.69) is 19.2 Å². The molecule has 0 aliphatic heterocycles. The van der Waals surface area contributed by atoms with Gasteiger partial charge in [-0.2, -0.15) is 0 Å². The molecule has 2 nitrogen and oxygen atoms in total. The Morgan fingerprint density at radius 3 is 2.50 bits per heavy atom. The van der Waals surface area contributed by atoms with Crippen LogP contribution in [0.2, 0.25) is 0 Å². The van der Waals surface area contributed by atoms with Gasteiger partial charge in [0.1, 0.15) is 11.6 Å². The quantitative estimate of drug-likeness (QED) is 0.855. The van der Waals surface area contributed by atoms with E-state index in [1.54, 1.807) is 6.26 Å². The summed E-state index contributed by atoms with van der Waals surface area (Å²) < 4.78 is 18.3. The summed E-state index contributed by atoms with van der Waals surface area (Å²) in [6.07, 6.45) is 2.61. The van der Waals surface area contributed by atoms with Crippen LogP contribution in [0.25, 0.3) is 0 Å². The number of rotatable bonds is 5. The molecule has 2 atom stereocenters. The average Bonchev–Trinajstić information content (AvgIpc) is 2.91. The third kappa shape index (κ3) is 2.99. The van der Waals surface area contributed by atoms with Crippen molar-refractivity contribution in [2.45, 2.75) is 32.4 Å². The third-order valence-corrected chi connectivity index (χ3v) is 3.10. The van der Waals surface area contributed by atoms with Gasteiger partial charge in [0.05, 0.1) is 12.3 Å². The molecule has 0 bridgehead atoms. The molecule has 0 aliphatic carbocycles. The standard InChI is InChI=1S/C15H18FNO/c1-3-14(12-6-8-13(16)9-7-12)17-11(2)15-5-4-10-18-15/h4-11,14,17H,3H2,1-2H3/t11-,14?/m1/s1. The van der Waals surface area contributed by atoms with E-state index >= 15 is 0 Å². The van der Waals surface area contributed by atoms with Crippen molar-refractivity contribution in [1.82, 2.24) is 5.32 Å². The Morgan fingerprint density at radius 1 is 1.22 bits per heavy atom. The number of halogens is 1. The number of hydrogen-bond acceptors (Lipinski definition) is 2. The predicted molar refractivity (Wildman–Crippen MR) is 69.7 cm³/mol. The van der Waals surface area contributed by atoms with Gasteiger partial charge in [-0.15, -0.1) is 0 Å². The maximum absolute atomic E-state index is 12.9. The van der Waals surface area contributed by atoms with Crippen LogP contribution < -0.4 is 5.32 Å². The molecule has 1 heterocycles. The average molecular weight is 247 g/mol. The maximum atomic E-state index is 12.9. The van der Waals surface area contributed by atoms with Crippen LogP contribution in [0.5, 0.6) is 0 Å². The van der Waals surface area contributed by atoms with Crippen LogP contribution in [0.3, 0.4) is 0 Å². The first-order chi connectivity index (χ1) is 8.70. The normalized spacial score (nSPS) is 14.4. The second kappa shape index (κ2) is 5.83. The van der Waals surface area contributed by atoms with Crippen molar-refractivity contribution in [3.05, 3.63) is 59.8 Å². The fourth-order valence-corrected chi connectivity index (χ4v) is 2.07. The van der Waals surface area contributed by atoms with E-state index in [9.17, 15) is 4.39 Å².